The Bertz CT molecular complexity index is 610. The Morgan fingerprint density at radius 3 is 2.88 bits per heavy atom. The van der Waals surface area contributed by atoms with Crippen molar-refractivity contribution in [3.8, 4) is 5.75 Å². The number of hydrogen-bond donors (Lipinski definition) is 0. The Labute approximate surface area is 90.8 Å². The van der Waals surface area contributed by atoms with Crippen molar-refractivity contribution in [2.45, 2.75) is 0 Å². The summed E-state index contributed by atoms with van der Waals surface area (Å²) in [4.78, 5) is 22.4. The number of fused-ring (bicyclic) bond motifs is 1. The minimum atomic E-state index is -0.692. The third kappa shape index (κ3) is 1.86. The van der Waals surface area contributed by atoms with Gasteiger partial charge in [-0.25, -0.2) is 9.59 Å². The first-order valence-electron chi connectivity index (χ1n) is 4.58. The van der Waals surface area contributed by atoms with Crippen LogP contribution in [0.1, 0.15) is 0 Å². The lowest BCUT2D eigenvalue weighted by molar-refractivity contribution is -0.129. The van der Waals surface area contributed by atoms with Gasteiger partial charge in [-0.3, -0.25) is 0 Å². The van der Waals surface area contributed by atoms with Gasteiger partial charge in [0.1, 0.15) is 5.58 Å². The van der Waals surface area contributed by atoms with Gasteiger partial charge in [0.15, 0.2) is 0 Å². The van der Waals surface area contributed by atoms with Gasteiger partial charge in [0, 0.05) is 11.5 Å². The maximum atomic E-state index is 11.4. The van der Waals surface area contributed by atoms with Gasteiger partial charge in [0.2, 0.25) is 5.75 Å². The Kier molecular flexibility index (Phi) is 2.55. The number of rotatable bonds is 2. The molecule has 0 saturated heterocycles. The van der Waals surface area contributed by atoms with E-state index in [1.807, 2.05) is 0 Å². The fourth-order valence-electron chi connectivity index (χ4n) is 1.26. The number of ether oxygens (including phenoxy) is 1. The Hall–Kier alpha value is -2.36. The predicted octanol–water partition coefficient (Wildman–Crippen LogP) is 1.88. The molecule has 0 radical (unpaired) electrons. The molecule has 0 fully saturated rings. The smallest absolute Gasteiger partial charge is 0.379 e. The highest BCUT2D eigenvalue weighted by Gasteiger charge is 2.08. The summed E-state index contributed by atoms with van der Waals surface area (Å²) in [5.74, 6) is -0.828. The van der Waals surface area contributed by atoms with E-state index in [1.165, 1.54) is 6.07 Å². The third-order valence-corrected chi connectivity index (χ3v) is 1.99. The average Bonchev–Trinajstić information content (AvgIpc) is 2.30. The molecule has 1 heterocycles. The average molecular weight is 216 g/mol. The third-order valence-electron chi connectivity index (χ3n) is 1.99. The van der Waals surface area contributed by atoms with Crippen molar-refractivity contribution in [1.82, 2.24) is 0 Å². The molecule has 0 N–H and O–H groups in total. The lowest BCUT2D eigenvalue weighted by atomic mass is 10.2. The van der Waals surface area contributed by atoms with Crippen molar-refractivity contribution in [1.29, 1.82) is 0 Å². The minimum Gasteiger partial charge on any atom is -0.420 e. The van der Waals surface area contributed by atoms with Crippen LogP contribution in [0, 0.1) is 0 Å². The van der Waals surface area contributed by atoms with Crippen molar-refractivity contribution in [2.24, 2.45) is 0 Å². The summed E-state index contributed by atoms with van der Waals surface area (Å²) in [6.07, 6.45) is 0.981. The number of carbonyl (C=O) groups is 1. The SMILES string of the molecule is C=CC(=O)Oc1cc2ccccc2oc1=O. The maximum absolute atomic E-state index is 11.4. The highest BCUT2D eigenvalue weighted by atomic mass is 16.5. The maximum Gasteiger partial charge on any atom is 0.379 e. The molecule has 4 nitrogen and oxygen atoms in total. The van der Waals surface area contributed by atoms with Crippen molar-refractivity contribution in [3.63, 3.8) is 0 Å². The topological polar surface area (TPSA) is 56.5 Å². The molecule has 0 amide bonds. The molecular formula is C12H8O4. The second-order valence-electron chi connectivity index (χ2n) is 3.06. The first-order valence-corrected chi connectivity index (χ1v) is 4.58. The van der Waals surface area contributed by atoms with Crippen molar-refractivity contribution >= 4 is 16.9 Å². The van der Waals surface area contributed by atoms with Gasteiger partial charge in [0.05, 0.1) is 0 Å². The number of para-hydroxylation sites is 1. The van der Waals surface area contributed by atoms with Gasteiger partial charge in [-0.1, -0.05) is 24.8 Å². The van der Waals surface area contributed by atoms with E-state index in [1.54, 1.807) is 24.3 Å². The van der Waals surface area contributed by atoms with Gasteiger partial charge < -0.3 is 9.15 Å². The second-order valence-corrected chi connectivity index (χ2v) is 3.06. The monoisotopic (exact) mass is 216 g/mol. The normalized spacial score (nSPS) is 10.0. The summed E-state index contributed by atoms with van der Waals surface area (Å²) in [6, 6.07) is 8.42. The minimum absolute atomic E-state index is 0.136. The molecule has 0 bridgehead atoms. The zero-order valence-electron chi connectivity index (χ0n) is 8.30. The molecule has 1 aromatic heterocycles. The predicted molar refractivity (Wildman–Crippen MR) is 58.3 cm³/mol. The molecule has 0 spiro atoms. The van der Waals surface area contributed by atoms with Crippen molar-refractivity contribution < 1.29 is 13.9 Å². The van der Waals surface area contributed by atoms with Crippen molar-refractivity contribution in [3.05, 3.63) is 53.4 Å². The number of hydrogen-bond acceptors (Lipinski definition) is 4. The molecule has 0 unspecified atom stereocenters. The second kappa shape index (κ2) is 4.02. The van der Waals surface area contributed by atoms with Gasteiger partial charge in [0.25, 0.3) is 0 Å². The van der Waals surface area contributed by atoms with Crippen LogP contribution in [0.25, 0.3) is 11.0 Å². The molecule has 1 aromatic carbocycles. The molecule has 16 heavy (non-hydrogen) atoms. The first kappa shape index (κ1) is 10.2. The molecule has 2 rings (SSSR count). The van der Waals surface area contributed by atoms with E-state index in [0.717, 1.165) is 6.08 Å². The Balaban J connectivity index is 2.54. The van der Waals surface area contributed by atoms with Gasteiger partial charge in [-0.2, -0.15) is 0 Å². The first-order chi connectivity index (χ1) is 7.70. The lowest BCUT2D eigenvalue weighted by Gasteiger charge is -2.00. The highest BCUT2D eigenvalue weighted by molar-refractivity contribution is 5.84. The molecule has 0 aliphatic carbocycles. The molecule has 80 valence electrons. The zero-order chi connectivity index (χ0) is 11.5. The summed E-state index contributed by atoms with van der Waals surface area (Å²) in [6.45, 7) is 3.24. The highest BCUT2D eigenvalue weighted by Crippen LogP contribution is 2.16. The van der Waals surface area contributed by atoms with Crippen LogP contribution >= 0.6 is 0 Å². The Morgan fingerprint density at radius 1 is 1.38 bits per heavy atom. The van der Waals surface area contributed by atoms with E-state index < -0.39 is 11.6 Å². The summed E-state index contributed by atoms with van der Waals surface area (Å²) < 4.78 is 9.71. The fraction of sp³-hybridized carbons (Fsp3) is 0. The van der Waals surface area contributed by atoms with E-state index >= 15 is 0 Å². The van der Waals surface area contributed by atoms with E-state index in [0.29, 0.717) is 11.0 Å². The summed E-state index contributed by atoms with van der Waals surface area (Å²) in [5, 5.41) is 0.689. The molecule has 0 aliphatic rings. The summed E-state index contributed by atoms with van der Waals surface area (Å²) in [7, 11) is 0. The standard InChI is InChI=1S/C12H8O4/c1-2-11(13)15-10-7-8-5-3-4-6-9(8)16-12(10)14/h2-7H,1H2. The summed E-state index contributed by atoms with van der Waals surface area (Å²) >= 11 is 0. The fourth-order valence-corrected chi connectivity index (χ4v) is 1.26. The number of benzene rings is 1. The van der Waals surface area contributed by atoms with Crippen LogP contribution in [0.5, 0.6) is 5.75 Å². The number of esters is 1. The largest absolute Gasteiger partial charge is 0.420 e. The molecule has 0 saturated carbocycles. The van der Waals surface area contributed by atoms with Crippen LogP contribution in [0.15, 0.2) is 52.2 Å². The van der Waals surface area contributed by atoms with E-state index in [2.05, 4.69) is 6.58 Å². The zero-order valence-corrected chi connectivity index (χ0v) is 8.30. The van der Waals surface area contributed by atoms with Gasteiger partial charge in [-0.15, -0.1) is 0 Å². The van der Waals surface area contributed by atoms with Crippen LogP contribution < -0.4 is 10.4 Å². The van der Waals surface area contributed by atoms with Crippen LogP contribution in [0.3, 0.4) is 0 Å². The number of carbonyl (C=O) groups excluding carboxylic acids is 1. The van der Waals surface area contributed by atoms with E-state index in [9.17, 15) is 9.59 Å². The summed E-state index contributed by atoms with van der Waals surface area (Å²) in [5.41, 5.74) is -0.236. The van der Waals surface area contributed by atoms with Crippen LogP contribution in [-0.2, 0) is 4.79 Å². The van der Waals surface area contributed by atoms with Crippen LogP contribution in [0.4, 0.5) is 0 Å². The van der Waals surface area contributed by atoms with E-state index in [4.69, 9.17) is 9.15 Å². The van der Waals surface area contributed by atoms with Crippen molar-refractivity contribution in [2.75, 3.05) is 0 Å². The molecular weight excluding hydrogens is 208 g/mol. The molecule has 0 aliphatic heterocycles. The Morgan fingerprint density at radius 2 is 2.12 bits per heavy atom. The van der Waals surface area contributed by atoms with Crippen LogP contribution in [0.2, 0.25) is 0 Å². The quantitative estimate of drug-likeness (QED) is 0.437. The lowest BCUT2D eigenvalue weighted by Crippen LogP contribution is -2.11. The molecule has 2 aromatic rings. The van der Waals surface area contributed by atoms with Crippen LogP contribution in [-0.4, -0.2) is 5.97 Å². The van der Waals surface area contributed by atoms with Gasteiger partial charge >= 0.3 is 11.6 Å². The molecule has 4 heteroatoms. The van der Waals surface area contributed by atoms with Gasteiger partial charge in [-0.05, 0) is 12.1 Å². The van der Waals surface area contributed by atoms with E-state index in [-0.39, 0.29) is 5.75 Å². The molecule has 0 atom stereocenters.